The maximum absolute atomic E-state index is 11.1. The van der Waals surface area contributed by atoms with Gasteiger partial charge in [0.2, 0.25) is 0 Å². The number of aliphatic carboxylic acids is 1. The molecule has 1 aromatic heterocycles. The topological polar surface area (TPSA) is 53.4 Å². The van der Waals surface area contributed by atoms with E-state index in [1.165, 1.54) is 0 Å². The highest BCUT2D eigenvalue weighted by Gasteiger charge is 2.26. The predicted molar refractivity (Wildman–Crippen MR) is 64.6 cm³/mol. The summed E-state index contributed by atoms with van der Waals surface area (Å²) < 4.78 is 0. The van der Waals surface area contributed by atoms with Crippen molar-refractivity contribution in [3.05, 3.63) is 16.1 Å². The minimum atomic E-state index is -0.764. The Kier molecular flexibility index (Phi) is 4.44. The van der Waals surface area contributed by atoms with Crippen LogP contribution in [0, 0.1) is 12.8 Å². The van der Waals surface area contributed by atoms with Gasteiger partial charge in [0.25, 0.3) is 0 Å². The van der Waals surface area contributed by atoms with Crippen molar-refractivity contribution >= 4 is 17.3 Å². The molecule has 1 N–H and O–H groups in total. The van der Waals surface area contributed by atoms with E-state index in [1.807, 2.05) is 32.7 Å². The molecule has 0 aromatic carbocycles. The van der Waals surface area contributed by atoms with E-state index in [4.69, 9.17) is 5.11 Å². The summed E-state index contributed by atoms with van der Waals surface area (Å²) in [6, 6.07) is -0.443. The van der Waals surface area contributed by atoms with Crippen LogP contribution >= 0.6 is 11.3 Å². The van der Waals surface area contributed by atoms with E-state index in [9.17, 15) is 4.79 Å². The molecule has 0 spiro atoms. The molecule has 1 rings (SSSR count). The molecule has 4 nitrogen and oxygen atoms in total. The highest BCUT2D eigenvalue weighted by atomic mass is 32.1. The zero-order valence-electron chi connectivity index (χ0n) is 10.1. The van der Waals surface area contributed by atoms with Gasteiger partial charge < -0.3 is 5.11 Å². The summed E-state index contributed by atoms with van der Waals surface area (Å²) in [5.41, 5.74) is 2.79. The molecular formula is C11H18N2O2S. The monoisotopic (exact) mass is 242 g/mol. The highest BCUT2D eigenvalue weighted by Crippen LogP contribution is 2.18. The largest absolute Gasteiger partial charge is 0.480 e. The lowest BCUT2D eigenvalue weighted by Crippen LogP contribution is -2.41. The second-order valence-corrected chi connectivity index (χ2v) is 5.24. The first-order valence-electron chi connectivity index (χ1n) is 5.25. The normalized spacial score (nSPS) is 13.4. The lowest BCUT2D eigenvalue weighted by Gasteiger charge is -2.27. The number of thiazole rings is 1. The van der Waals surface area contributed by atoms with Crippen molar-refractivity contribution in [2.75, 3.05) is 7.05 Å². The molecule has 0 radical (unpaired) electrons. The average Bonchev–Trinajstić information content (AvgIpc) is 2.50. The van der Waals surface area contributed by atoms with Gasteiger partial charge in [-0.1, -0.05) is 13.8 Å². The molecule has 0 aliphatic carbocycles. The summed E-state index contributed by atoms with van der Waals surface area (Å²) in [5, 5.41) is 9.16. The summed E-state index contributed by atoms with van der Waals surface area (Å²) in [7, 11) is 1.85. The van der Waals surface area contributed by atoms with Gasteiger partial charge in [0.1, 0.15) is 6.04 Å². The summed E-state index contributed by atoms with van der Waals surface area (Å²) in [6.45, 7) is 6.44. The molecule has 1 aromatic rings. The number of aryl methyl sites for hydroxylation is 1. The van der Waals surface area contributed by atoms with Gasteiger partial charge in [0.15, 0.2) is 0 Å². The van der Waals surface area contributed by atoms with Crippen LogP contribution in [-0.4, -0.2) is 34.0 Å². The van der Waals surface area contributed by atoms with Crippen LogP contribution in [0.4, 0.5) is 0 Å². The molecule has 1 atom stereocenters. The average molecular weight is 242 g/mol. The second kappa shape index (κ2) is 5.41. The van der Waals surface area contributed by atoms with E-state index < -0.39 is 12.0 Å². The Morgan fingerprint density at radius 1 is 1.62 bits per heavy atom. The lowest BCUT2D eigenvalue weighted by molar-refractivity contribution is -0.144. The first-order valence-corrected chi connectivity index (χ1v) is 6.13. The number of hydrogen-bond acceptors (Lipinski definition) is 4. The number of rotatable bonds is 5. The van der Waals surface area contributed by atoms with Gasteiger partial charge >= 0.3 is 5.97 Å². The highest BCUT2D eigenvalue weighted by molar-refractivity contribution is 7.09. The fraction of sp³-hybridized carbons (Fsp3) is 0.636. The van der Waals surface area contributed by atoms with E-state index in [2.05, 4.69) is 4.98 Å². The van der Waals surface area contributed by atoms with Crippen molar-refractivity contribution in [2.24, 2.45) is 5.92 Å². The fourth-order valence-corrected chi connectivity index (χ4v) is 2.62. The maximum atomic E-state index is 11.1. The first kappa shape index (κ1) is 13.1. The van der Waals surface area contributed by atoms with Crippen molar-refractivity contribution in [3.8, 4) is 0 Å². The van der Waals surface area contributed by atoms with Crippen molar-refractivity contribution < 1.29 is 9.90 Å². The molecule has 5 heteroatoms. The second-order valence-electron chi connectivity index (χ2n) is 4.30. The summed E-state index contributed by atoms with van der Waals surface area (Å²) in [6.07, 6.45) is 0. The van der Waals surface area contributed by atoms with E-state index in [1.54, 1.807) is 16.8 Å². The summed E-state index contributed by atoms with van der Waals surface area (Å²) in [5.74, 6) is -0.671. The van der Waals surface area contributed by atoms with E-state index in [-0.39, 0.29) is 5.92 Å². The number of carboxylic acid groups (broad SMARTS) is 1. The van der Waals surface area contributed by atoms with Crippen LogP contribution in [0.3, 0.4) is 0 Å². The molecule has 1 heterocycles. The van der Waals surface area contributed by atoms with E-state index in [0.29, 0.717) is 6.54 Å². The quantitative estimate of drug-likeness (QED) is 0.858. The SMILES string of the molecule is Cc1ncsc1CN(C)C(C(=O)O)C(C)C. The van der Waals surface area contributed by atoms with Crippen LogP contribution in [0.25, 0.3) is 0 Å². The smallest absolute Gasteiger partial charge is 0.321 e. The predicted octanol–water partition coefficient (Wildman–Crippen LogP) is 1.99. The van der Waals surface area contributed by atoms with Crippen LogP contribution in [-0.2, 0) is 11.3 Å². The number of aromatic nitrogens is 1. The minimum absolute atomic E-state index is 0.0933. The Morgan fingerprint density at radius 2 is 2.25 bits per heavy atom. The zero-order chi connectivity index (χ0) is 12.3. The van der Waals surface area contributed by atoms with Crippen molar-refractivity contribution in [1.82, 2.24) is 9.88 Å². The summed E-state index contributed by atoms with van der Waals surface area (Å²) in [4.78, 5) is 18.3. The number of nitrogens with zero attached hydrogens (tertiary/aromatic N) is 2. The van der Waals surface area contributed by atoms with Crippen LogP contribution < -0.4 is 0 Å². The Balaban J connectivity index is 2.73. The molecule has 0 bridgehead atoms. The van der Waals surface area contributed by atoms with Crippen molar-refractivity contribution in [1.29, 1.82) is 0 Å². The molecular weight excluding hydrogens is 224 g/mol. The fourth-order valence-electron chi connectivity index (χ4n) is 1.79. The maximum Gasteiger partial charge on any atom is 0.321 e. The van der Waals surface area contributed by atoms with Gasteiger partial charge in [-0.2, -0.15) is 0 Å². The molecule has 90 valence electrons. The van der Waals surface area contributed by atoms with Gasteiger partial charge in [0, 0.05) is 11.4 Å². The van der Waals surface area contributed by atoms with Gasteiger partial charge in [-0.05, 0) is 19.9 Å². The molecule has 0 amide bonds. The Bertz CT molecular complexity index is 363. The Hall–Kier alpha value is -0.940. The zero-order valence-corrected chi connectivity index (χ0v) is 10.9. The Morgan fingerprint density at radius 3 is 2.62 bits per heavy atom. The van der Waals surface area contributed by atoms with Gasteiger partial charge in [-0.15, -0.1) is 11.3 Å². The molecule has 0 aliphatic heterocycles. The van der Waals surface area contributed by atoms with Crippen LogP contribution in [0.15, 0.2) is 5.51 Å². The minimum Gasteiger partial charge on any atom is -0.480 e. The van der Waals surface area contributed by atoms with Gasteiger partial charge in [0.05, 0.1) is 11.2 Å². The molecule has 1 unspecified atom stereocenters. The third kappa shape index (κ3) is 3.02. The number of likely N-dealkylation sites (N-methyl/N-ethyl adjacent to an activating group) is 1. The van der Waals surface area contributed by atoms with Crippen LogP contribution in [0.5, 0.6) is 0 Å². The van der Waals surface area contributed by atoms with Crippen molar-refractivity contribution in [3.63, 3.8) is 0 Å². The molecule has 16 heavy (non-hydrogen) atoms. The molecule has 0 aliphatic rings. The third-order valence-electron chi connectivity index (χ3n) is 2.60. The standard InChI is InChI=1S/C11H18N2O2S/c1-7(2)10(11(14)15)13(4)5-9-8(3)12-6-16-9/h6-7,10H,5H2,1-4H3,(H,14,15). The molecule has 0 saturated carbocycles. The molecule has 0 fully saturated rings. The van der Waals surface area contributed by atoms with E-state index >= 15 is 0 Å². The summed E-state index contributed by atoms with van der Waals surface area (Å²) >= 11 is 1.57. The third-order valence-corrected chi connectivity index (χ3v) is 3.52. The van der Waals surface area contributed by atoms with E-state index in [0.717, 1.165) is 10.6 Å². The number of hydrogen-bond donors (Lipinski definition) is 1. The van der Waals surface area contributed by atoms with Crippen molar-refractivity contribution in [2.45, 2.75) is 33.4 Å². The lowest BCUT2D eigenvalue weighted by atomic mass is 10.0. The van der Waals surface area contributed by atoms with Crippen LogP contribution in [0.1, 0.15) is 24.4 Å². The number of carboxylic acids is 1. The number of carbonyl (C=O) groups is 1. The first-order chi connectivity index (χ1) is 7.43. The van der Waals surface area contributed by atoms with Gasteiger partial charge in [-0.3, -0.25) is 9.69 Å². The molecule has 0 saturated heterocycles. The Labute approximate surface area is 99.9 Å². The van der Waals surface area contributed by atoms with Crippen LogP contribution in [0.2, 0.25) is 0 Å². The van der Waals surface area contributed by atoms with Gasteiger partial charge in [-0.25, -0.2) is 4.98 Å².